The predicted molar refractivity (Wildman–Crippen MR) is 59.8 cm³/mol. The van der Waals surface area contributed by atoms with Gasteiger partial charge >= 0.3 is 0 Å². The summed E-state index contributed by atoms with van der Waals surface area (Å²) in [5.74, 6) is 1.28. The third-order valence-electron chi connectivity index (χ3n) is 2.29. The van der Waals surface area contributed by atoms with E-state index in [1.807, 2.05) is 31.2 Å². The van der Waals surface area contributed by atoms with Crippen LogP contribution in [0.15, 0.2) is 41.1 Å². The number of para-hydroxylation sites is 2. The quantitative estimate of drug-likeness (QED) is 0.620. The van der Waals surface area contributed by atoms with Crippen LogP contribution in [0.2, 0.25) is 0 Å². The van der Waals surface area contributed by atoms with Crippen molar-refractivity contribution < 1.29 is 4.42 Å². The summed E-state index contributed by atoms with van der Waals surface area (Å²) in [6.45, 7) is 1.85. The van der Waals surface area contributed by atoms with E-state index >= 15 is 0 Å². The van der Waals surface area contributed by atoms with Crippen LogP contribution in [0.1, 0.15) is 5.76 Å². The fourth-order valence-corrected chi connectivity index (χ4v) is 1.53. The van der Waals surface area contributed by atoms with Crippen molar-refractivity contribution in [3.8, 4) is 11.6 Å². The van der Waals surface area contributed by atoms with Gasteiger partial charge in [0.15, 0.2) is 0 Å². The van der Waals surface area contributed by atoms with Crippen molar-refractivity contribution in [2.75, 3.05) is 0 Å². The molecule has 0 aliphatic carbocycles. The second-order valence-corrected chi connectivity index (χ2v) is 3.52. The summed E-state index contributed by atoms with van der Waals surface area (Å²) in [6, 6.07) is 7.71. The van der Waals surface area contributed by atoms with Gasteiger partial charge in [-0.2, -0.15) is 0 Å². The molecule has 0 unspecified atom stereocenters. The van der Waals surface area contributed by atoms with Crippen LogP contribution in [0.3, 0.4) is 0 Å². The SMILES string of the molecule is Cc1cnc(-c2cnc3ccccc3n2)o1. The van der Waals surface area contributed by atoms with Gasteiger partial charge in [-0.3, -0.25) is 4.98 Å². The largest absolute Gasteiger partial charge is 0.440 e. The first-order valence-electron chi connectivity index (χ1n) is 4.97. The Balaban J connectivity index is 2.18. The maximum Gasteiger partial charge on any atom is 0.246 e. The molecule has 0 N–H and O–H groups in total. The van der Waals surface area contributed by atoms with Gasteiger partial charge in [0.1, 0.15) is 11.5 Å². The number of hydrogen-bond acceptors (Lipinski definition) is 4. The lowest BCUT2D eigenvalue weighted by Crippen LogP contribution is -1.87. The van der Waals surface area contributed by atoms with E-state index in [-0.39, 0.29) is 0 Å². The Labute approximate surface area is 92.0 Å². The van der Waals surface area contributed by atoms with E-state index in [1.165, 1.54) is 0 Å². The van der Waals surface area contributed by atoms with E-state index in [0.29, 0.717) is 11.6 Å². The predicted octanol–water partition coefficient (Wildman–Crippen LogP) is 2.59. The molecule has 3 rings (SSSR count). The van der Waals surface area contributed by atoms with Crippen LogP contribution < -0.4 is 0 Å². The molecular formula is C12H9N3O. The summed E-state index contributed by atoms with van der Waals surface area (Å²) in [5, 5.41) is 0. The van der Waals surface area contributed by atoms with E-state index in [0.717, 1.165) is 16.8 Å². The van der Waals surface area contributed by atoms with Crippen molar-refractivity contribution >= 4 is 11.0 Å². The second-order valence-electron chi connectivity index (χ2n) is 3.52. The zero-order chi connectivity index (χ0) is 11.0. The molecule has 16 heavy (non-hydrogen) atoms. The number of benzene rings is 1. The van der Waals surface area contributed by atoms with Crippen LogP contribution in [0.5, 0.6) is 0 Å². The minimum Gasteiger partial charge on any atom is -0.440 e. The van der Waals surface area contributed by atoms with E-state index in [9.17, 15) is 0 Å². The first kappa shape index (κ1) is 9.03. The maximum absolute atomic E-state index is 5.40. The number of hydrogen-bond donors (Lipinski definition) is 0. The molecule has 0 aliphatic heterocycles. The van der Waals surface area contributed by atoms with Crippen molar-refractivity contribution in [3.63, 3.8) is 0 Å². The van der Waals surface area contributed by atoms with Crippen LogP contribution >= 0.6 is 0 Å². The molecule has 1 aromatic carbocycles. The zero-order valence-corrected chi connectivity index (χ0v) is 8.71. The lowest BCUT2D eigenvalue weighted by molar-refractivity contribution is 0.540. The average molecular weight is 211 g/mol. The van der Waals surface area contributed by atoms with Crippen molar-refractivity contribution in [1.82, 2.24) is 15.0 Å². The molecule has 3 aromatic rings. The maximum atomic E-state index is 5.40. The minimum atomic E-state index is 0.510. The summed E-state index contributed by atoms with van der Waals surface area (Å²) in [5.41, 5.74) is 2.37. The van der Waals surface area contributed by atoms with Gasteiger partial charge in [0.25, 0.3) is 0 Å². The summed E-state index contributed by atoms with van der Waals surface area (Å²) in [7, 11) is 0. The van der Waals surface area contributed by atoms with Crippen LogP contribution in [0.4, 0.5) is 0 Å². The molecule has 78 valence electrons. The van der Waals surface area contributed by atoms with Crippen molar-refractivity contribution in [2.24, 2.45) is 0 Å². The van der Waals surface area contributed by atoms with E-state index < -0.39 is 0 Å². The lowest BCUT2D eigenvalue weighted by atomic mass is 10.3. The Bertz CT molecular complexity index is 645. The molecule has 0 aliphatic rings. The summed E-state index contributed by atoms with van der Waals surface area (Å²) in [6.07, 6.45) is 3.35. The molecule has 0 atom stereocenters. The average Bonchev–Trinajstić information content (AvgIpc) is 2.75. The normalized spacial score (nSPS) is 10.8. The molecule has 0 saturated heterocycles. The van der Waals surface area contributed by atoms with Gasteiger partial charge in [-0.05, 0) is 19.1 Å². The van der Waals surface area contributed by atoms with Gasteiger partial charge in [-0.25, -0.2) is 9.97 Å². The number of nitrogens with zero attached hydrogens (tertiary/aromatic N) is 3. The Morgan fingerprint density at radius 2 is 1.81 bits per heavy atom. The van der Waals surface area contributed by atoms with Crippen LogP contribution in [0.25, 0.3) is 22.6 Å². The number of aromatic nitrogens is 3. The highest BCUT2D eigenvalue weighted by atomic mass is 16.4. The van der Waals surface area contributed by atoms with Crippen molar-refractivity contribution in [3.05, 3.63) is 42.4 Å². The Morgan fingerprint density at radius 3 is 2.56 bits per heavy atom. The zero-order valence-electron chi connectivity index (χ0n) is 8.71. The highest BCUT2D eigenvalue weighted by Crippen LogP contribution is 2.18. The summed E-state index contributed by atoms with van der Waals surface area (Å²) < 4.78 is 5.40. The van der Waals surface area contributed by atoms with Crippen molar-refractivity contribution in [2.45, 2.75) is 6.92 Å². The Kier molecular flexibility index (Phi) is 1.93. The first-order chi connectivity index (χ1) is 7.83. The smallest absolute Gasteiger partial charge is 0.246 e. The second kappa shape index (κ2) is 3.41. The molecule has 4 heteroatoms. The minimum absolute atomic E-state index is 0.510. The molecule has 0 fully saturated rings. The number of oxazole rings is 1. The Hall–Kier alpha value is -2.23. The number of rotatable bonds is 1. The van der Waals surface area contributed by atoms with Gasteiger partial charge in [0.2, 0.25) is 5.89 Å². The standard InChI is InChI=1S/C12H9N3O/c1-8-6-14-12(16-8)11-7-13-9-4-2-3-5-10(9)15-11/h2-7H,1H3. The van der Waals surface area contributed by atoms with Crippen molar-refractivity contribution in [1.29, 1.82) is 0 Å². The molecular weight excluding hydrogens is 202 g/mol. The molecule has 2 aromatic heterocycles. The van der Waals surface area contributed by atoms with Gasteiger partial charge in [-0.1, -0.05) is 12.1 Å². The fourth-order valence-electron chi connectivity index (χ4n) is 1.53. The molecule has 0 radical (unpaired) electrons. The monoisotopic (exact) mass is 211 g/mol. The molecule has 0 bridgehead atoms. The van der Waals surface area contributed by atoms with E-state index in [1.54, 1.807) is 12.4 Å². The third-order valence-corrected chi connectivity index (χ3v) is 2.29. The molecule has 4 nitrogen and oxygen atoms in total. The summed E-state index contributed by atoms with van der Waals surface area (Å²) >= 11 is 0. The van der Waals surface area contributed by atoms with Crippen LogP contribution in [0, 0.1) is 6.92 Å². The van der Waals surface area contributed by atoms with E-state index in [4.69, 9.17) is 4.42 Å². The summed E-state index contributed by atoms with van der Waals surface area (Å²) in [4.78, 5) is 12.9. The van der Waals surface area contributed by atoms with E-state index in [2.05, 4.69) is 15.0 Å². The van der Waals surface area contributed by atoms with Gasteiger partial charge in [0.05, 0.1) is 23.4 Å². The number of aryl methyl sites for hydroxylation is 1. The molecule has 0 spiro atoms. The topological polar surface area (TPSA) is 51.8 Å². The molecule has 0 amide bonds. The van der Waals surface area contributed by atoms with Crippen LogP contribution in [-0.4, -0.2) is 15.0 Å². The molecule has 2 heterocycles. The first-order valence-corrected chi connectivity index (χ1v) is 4.97. The van der Waals surface area contributed by atoms with Gasteiger partial charge < -0.3 is 4.42 Å². The fraction of sp³-hybridized carbons (Fsp3) is 0.0833. The highest BCUT2D eigenvalue weighted by Gasteiger charge is 2.07. The third kappa shape index (κ3) is 1.44. The molecule has 0 saturated carbocycles. The van der Waals surface area contributed by atoms with Gasteiger partial charge in [-0.15, -0.1) is 0 Å². The van der Waals surface area contributed by atoms with Crippen LogP contribution in [-0.2, 0) is 0 Å². The number of fused-ring (bicyclic) bond motifs is 1. The highest BCUT2D eigenvalue weighted by molar-refractivity contribution is 5.75. The Morgan fingerprint density at radius 1 is 1.00 bits per heavy atom. The lowest BCUT2D eigenvalue weighted by Gasteiger charge is -1.97. The van der Waals surface area contributed by atoms with Gasteiger partial charge in [0, 0.05) is 0 Å².